The molecule has 0 heterocycles. The van der Waals surface area contributed by atoms with Gasteiger partial charge in [0, 0.05) is 0 Å². The Labute approximate surface area is 108 Å². The fourth-order valence-corrected chi connectivity index (χ4v) is 3.33. The van der Waals surface area contributed by atoms with Crippen LogP contribution in [0.1, 0.15) is 24.8 Å². The normalized spacial score (nSPS) is 29.3. The van der Waals surface area contributed by atoms with E-state index in [4.69, 9.17) is 0 Å². The molecule has 7 heteroatoms. The predicted molar refractivity (Wildman–Crippen MR) is 61.1 cm³/mol. The fraction of sp³-hybridized carbons (Fsp3) is 0.500. The highest BCUT2D eigenvalue weighted by Gasteiger charge is 2.57. The van der Waals surface area contributed by atoms with Crippen molar-refractivity contribution in [3.05, 3.63) is 29.8 Å². The van der Waals surface area contributed by atoms with Crippen molar-refractivity contribution in [2.75, 3.05) is 0 Å². The summed E-state index contributed by atoms with van der Waals surface area (Å²) in [5, 5.41) is 0. The molecule has 0 radical (unpaired) electrons. The molecule has 1 aromatic rings. The van der Waals surface area contributed by atoms with Gasteiger partial charge in [-0.1, -0.05) is 12.1 Å². The molecular weight excluding hydrogens is 281 g/mol. The maximum absolute atomic E-state index is 12.1. The Kier molecular flexibility index (Phi) is 2.46. The second-order valence-corrected chi connectivity index (χ2v) is 6.80. The van der Waals surface area contributed by atoms with Crippen molar-refractivity contribution >= 4 is 10.1 Å². The first-order chi connectivity index (χ1) is 8.72. The second kappa shape index (κ2) is 3.65. The summed E-state index contributed by atoms with van der Waals surface area (Å²) >= 11 is 0. The van der Waals surface area contributed by atoms with Gasteiger partial charge in [0.2, 0.25) is 0 Å². The van der Waals surface area contributed by atoms with E-state index < -0.39 is 15.6 Å². The van der Waals surface area contributed by atoms with Gasteiger partial charge in [-0.25, -0.2) is 0 Å². The lowest BCUT2D eigenvalue weighted by molar-refractivity contribution is -0.0500. The van der Waals surface area contributed by atoms with Crippen LogP contribution in [0.3, 0.4) is 0 Å². The summed E-state index contributed by atoms with van der Waals surface area (Å²) in [4.78, 5) is 0. The van der Waals surface area contributed by atoms with Crippen molar-refractivity contribution < 1.29 is 25.8 Å². The van der Waals surface area contributed by atoms with E-state index >= 15 is 0 Å². The Morgan fingerprint density at radius 2 is 1.63 bits per heavy atom. The lowest BCUT2D eigenvalue weighted by Crippen LogP contribution is -2.55. The zero-order valence-corrected chi connectivity index (χ0v) is 10.6. The molecule has 0 N–H and O–H groups in total. The third-order valence-corrected chi connectivity index (χ3v) is 4.97. The number of hydrogen-bond acceptors (Lipinski definition) is 3. The van der Waals surface area contributed by atoms with E-state index in [1.807, 2.05) is 0 Å². The molecule has 0 atom stereocenters. The fourth-order valence-electron chi connectivity index (χ4n) is 2.87. The van der Waals surface area contributed by atoms with E-state index in [1.54, 1.807) is 12.1 Å². The quantitative estimate of drug-likeness (QED) is 0.635. The highest BCUT2D eigenvalue weighted by Crippen LogP contribution is 2.65. The summed E-state index contributed by atoms with van der Waals surface area (Å²) in [7, 11) is -5.58. The number of rotatable bonds is 3. The van der Waals surface area contributed by atoms with E-state index in [0.717, 1.165) is 30.7 Å². The molecule has 3 fully saturated rings. The van der Waals surface area contributed by atoms with E-state index in [0.29, 0.717) is 0 Å². The van der Waals surface area contributed by atoms with Crippen molar-refractivity contribution in [1.82, 2.24) is 0 Å². The van der Waals surface area contributed by atoms with Gasteiger partial charge in [-0.3, -0.25) is 0 Å². The lowest BCUT2D eigenvalue weighted by atomic mass is 9.42. The van der Waals surface area contributed by atoms with Gasteiger partial charge in [-0.15, -0.1) is 0 Å². The van der Waals surface area contributed by atoms with Crippen molar-refractivity contribution in [2.45, 2.75) is 30.2 Å². The first kappa shape index (κ1) is 12.8. The van der Waals surface area contributed by atoms with Crippen molar-refractivity contribution in [1.29, 1.82) is 0 Å². The lowest BCUT2D eigenvalue weighted by Gasteiger charge is -2.62. The first-order valence-corrected chi connectivity index (χ1v) is 7.24. The van der Waals surface area contributed by atoms with Crippen LogP contribution in [-0.4, -0.2) is 13.9 Å². The van der Waals surface area contributed by atoms with E-state index in [-0.39, 0.29) is 11.2 Å². The van der Waals surface area contributed by atoms with Gasteiger partial charge in [-0.2, -0.15) is 21.6 Å². The third-order valence-electron chi connectivity index (χ3n) is 3.99. The largest absolute Gasteiger partial charge is 0.534 e. The predicted octanol–water partition coefficient (Wildman–Crippen LogP) is 2.97. The van der Waals surface area contributed by atoms with Gasteiger partial charge < -0.3 is 4.18 Å². The van der Waals surface area contributed by atoms with Crippen LogP contribution in [-0.2, 0) is 15.5 Å². The van der Waals surface area contributed by atoms with E-state index in [9.17, 15) is 21.6 Å². The molecule has 0 saturated heterocycles. The molecule has 1 aromatic carbocycles. The zero-order valence-electron chi connectivity index (χ0n) is 9.77. The average molecular weight is 292 g/mol. The maximum Gasteiger partial charge on any atom is 0.534 e. The molecule has 3 saturated carbocycles. The molecule has 0 aromatic heterocycles. The van der Waals surface area contributed by atoms with Crippen molar-refractivity contribution in [2.24, 2.45) is 5.92 Å². The van der Waals surface area contributed by atoms with Crippen LogP contribution < -0.4 is 4.18 Å². The van der Waals surface area contributed by atoms with Crippen LogP contribution in [0.25, 0.3) is 0 Å². The van der Waals surface area contributed by atoms with Crippen LogP contribution in [0.2, 0.25) is 0 Å². The summed E-state index contributed by atoms with van der Waals surface area (Å²) in [6.45, 7) is 0. The Bertz CT molecular complexity index is 587. The van der Waals surface area contributed by atoms with Gasteiger partial charge in [-0.05, 0) is 48.3 Å². The summed E-state index contributed by atoms with van der Waals surface area (Å²) in [6, 6.07) is 5.85. The van der Waals surface area contributed by atoms with Crippen LogP contribution in [0, 0.1) is 5.92 Å². The van der Waals surface area contributed by atoms with Crippen molar-refractivity contribution in [3.8, 4) is 5.75 Å². The van der Waals surface area contributed by atoms with Gasteiger partial charge in [0.25, 0.3) is 0 Å². The molecule has 19 heavy (non-hydrogen) atoms. The van der Waals surface area contributed by atoms with Gasteiger partial charge in [0.1, 0.15) is 5.75 Å². The van der Waals surface area contributed by atoms with Crippen LogP contribution >= 0.6 is 0 Å². The molecule has 3 nitrogen and oxygen atoms in total. The molecule has 0 amide bonds. The molecule has 0 spiro atoms. The summed E-state index contributed by atoms with van der Waals surface area (Å²) < 4.78 is 62.1. The van der Waals surface area contributed by atoms with E-state index in [1.165, 1.54) is 12.1 Å². The molecule has 3 aliphatic rings. The minimum Gasteiger partial charge on any atom is -0.376 e. The Morgan fingerprint density at radius 1 is 1.11 bits per heavy atom. The minimum atomic E-state index is -5.58. The smallest absolute Gasteiger partial charge is 0.376 e. The maximum atomic E-state index is 12.1. The SMILES string of the molecule is O=S(=O)(Oc1ccc(C23CC(C2)C3)cc1)C(F)(F)F. The number of alkyl halides is 3. The van der Waals surface area contributed by atoms with Gasteiger partial charge in [0.05, 0.1) is 0 Å². The van der Waals surface area contributed by atoms with Gasteiger partial charge in [0.15, 0.2) is 0 Å². The number of hydrogen-bond donors (Lipinski definition) is 0. The van der Waals surface area contributed by atoms with Crippen LogP contribution in [0.4, 0.5) is 13.2 Å². The van der Waals surface area contributed by atoms with Gasteiger partial charge >= 0.3 is 15.6 Å². The summed E-state index contributed by atoms with van der Waals surface area (Å²) in [5.74, 6) is 0.481. The van der Waals surface area contributed by atoms with Crippen LogP contribution in [0.15, 0.2) is 24.3 Å². The monoisotopic (exact) mass is 292 g/mol. The second-order valence-electron chi connectivity index (χ2n) is 5.27. The number of benzene rings is 1. The molecule has 0 unspecified atom stereocenters. The third kappa shape index (κ3) is 1.91. The van der Waals surface area contributed by atoms with E-state index in [2.05, 4.69) is 4.18 Å². The Hall–Kier alpha value is -1.24. The standard InChI is InChI=1S/C12H11F3O3S/c13-12(14,15)19(16,17)18-10-3-1-9(2-4-10)11-5-8(6-11)7-11/h1-4,8H,5-7H2. The highest BCUT2D eigenvalue weighted by atomic mass is 32.2. The molecule has 2 bridgehead atoms. The molecule has 3 aliphatic carbocycles. The zero-order chi connectivity index (χ0) is 13.9. The van der Waals surface area contributed by atoms with Crippen molar-refractivity contribution in [3.63, 3.8) is 0 Å². The Morgan fingerprint density at radius 3 is 2.00 bits per heavy atom. The average Bonchev–Trinajstić information content (AvgIpc) is 2.14. The first-order valence-electron chi connectivity index (χ1n) is 5.83. The molecular formula is C12H11F3O3S. The number of halogens is 3. The molecule has 0 aliphatic heterocycles. The molecule has 4 rings (SSSR count). The minimum absolute atomic E-state index is 0.187. The summed E-state index contributed by atoms with van der Waals surface area (Å²) in [6.07, 6.45) is 3.36. The highest BCUT2D eigenvalue weighted by molar-refractivity contribution is 7.87. The topological polar surface area (TPSA) is 43.4 Å². The van der Waals surface area contributed by atoms with Crippen LogP contribution in [0.5, 0.6) is 5.75 Å². The molecule has 104 valence electrons. The summed E-state index contributed by atoms with van der Waals surface area (Å²) in [5.41, 5.74) is -4.17. The Balaban J connectivity index is 1.76.